The van der Waals surface area contributed by atoms with E-state index in [0.717, 1.165) is 16.8 Å². The van der Waals surface area contributed by atoms with Gasteiger partial charge in [-0.05, 0) is 18.6 Å². The third-order valence-corrected chi connectivity index (χ3v) is 1.92. The smallest absolute Gasteiger partial charge is 0.0665 e. The van der Waals surface area contributed by atoms with Crippen molar-refractivity contribution in [2.75, 3.05) is 12.1 Å². The highest BCUT2D eigenvalue weighted by Crippen LogP contribution is 2.24. The van der Waals surface area contributed by atoms with E-state index in [-0.39, 0.29) is 0 Å². The summed E-state index contributed by atoms with van der Waals surface area (Å²) >= 11 is 0. The lowest BCUT2D eigenvalue weighted by molar-refractivity contribution is 1.03. The average molecular weight is 174 g/mol. The molecule has 13 heavy (non-hydrogen) atoms. The standard InChI is InChI=1S/C11H14N2/c1-9(2)10-7-5-6-8-11(10)13(4)12-3/h5-8H,1,3H2,2,4H3. The first-order valence-electron chi connectivity index (χ1n) is 4.12. The quantitative estimate of drug-likeness (QED) is 0.508. The minimum absolute atomic E-state index is 1.03. The van der Waals surface area contributed by atoms with Gasteiger partial charge < -0.3 is 0 Å². The van der Waals surface area contributed by atoms with E-state index in [9.17, 15) is 0 Å². The summed E-state index contributed by atoms with van der Waals surface area (Å²) < 4.78 is 0. The van der Waals surface area contributed by atoms with E-state index in [4.69, 9.17) is 0 Å². The van der Waals surface area contributed by atoms with Crippen molar-refractivity contribution < 1.29 is 0 Å². The van der Waals surface area contributed by atoms with Gasteiger partial charge in [0.05, 0.1) is 5.69 Å². The number of hydrogen-bond acceptors (Lipinski definition) is 2. The molecule has 0 aliphatic carbocycles. The van der Waals surface area contributed by atoms with Crippen molar-refractivity contribution in [3.8, 4) is 0 Å². The molecule has 0 spiro atoms. The van der Waals surface area contributed by atoms with Crippen molar-refractivity contribution in [1.82, 2.24) is 0 Å². The summed E-state index contributed by atoms with van der Waals surface area (Å²) in [5.41, 5.74) is 3.17. The van der Waals surface area contributed by atoms with Crippen LogP contribution in [0.4, 0.5) is 5.69 Å². The lowest BCUT2D eigenvalue weighted by Crippen LogP contribution is -2.09. The molecular formula is C11H14N2. The summed E-state index contributed by atoms with van der Waals surface area (Å²) in [5.74, 6) is 0. The molecule has 0 aliphatic heterocycles. The molecule has 2 nitrogen and oxygen atoms in total. The highest BCUT2D eigenvalue weighted by atomic mass is 15.4. The fourth-order valence-electron chi connectivity index (χ4n) is 1.19. The van der Waals surface area contributed by atoms with Gasteiger partial charge in [0.1, 0.15) is 0 Å². The number of rotatable bonds is 3. The maximum atomic E-state index is 3.91. The average Bonchev–Trinajstić information content (AvgIpc) is 2.16. The van der Waals surface area contributed by atoms with Crippen LogP contribution in [-0.4, -0.2) is 13.8 Å². The molecule has 0 aliphatic rings. The number of hydrazone groups is 1. The van der Waals surface area contributed by atoms with Crippen LogP contribution in [0.5, 0.6) is 0 Å². The van der Waals surface area contributed by atoms with Crippen LogP contribution in [0.15, 0.2) is 35.9 Å². The third-order valence-electron chi connectivity index (χ3n) is 1.92. The summed E-state index contributed by atoms with van der Waals surface area (Å²) in [6.45, 7) is 9.38. The van der Waals surface area contributed by atoms with Gasteiger partial charge in [0.2, 0.25) is 0 Å². The zero-order valence-electron chi connectivity index (χ0n) is 8.12. The van der Waals surface area contributed by atoms with Crippen LogP contribution < -0.4 is 5.01 Å². The third kappa shape index (κ3) is 1.96. The molecular weight excluding hydrogens is 160 g/mol. The van der Waals surface area contributed by atoms with Crippen molar-refractivity contribution in [3.63, 3.8) is 0 Å². The van der Waals surface area contributed by atoms with Crippen molar-refractivity contribution in [2.24, 2.45) is 5.10 Å². The van der Waals surface area contributed by atoms with Gasteiger partial charge >= 0.3 is 0 Å². The maximum absolute atomic E-state index is 3.91. The Kier molecular flexibility index (Phi) is 2.85. The number of anilines is 1. The molecule has 0 saturated carbocycles. The van der Waals surface area contributed by atoms with Gasteiger partial charge in [0, 0.05) is 19.3 Å². The highest BCUT2D eigenvalue weighted by molar-refractivity contribution is 5.74. The monoisotopic (exact) mass is 174 g/mol. The van der Waals surface area contributed by atoms with Crippen molar-refractivity contribution in [1.29, 1.82) is 0 Å². The second kappa shape index (κ2) is 3.90. The minimum atomic E-state index is 1.03. The number of para-hydroxylation sites is 1. The summed E-state index contributed by atoms with van der Waals surface area (Å²) in [6.07, 6.45) is 0. The second-order valence-electron chi connectivity index (χ2n) is 2.96. The van der Waals surface area contributed by atoms with Crippen molar-refractivity contribution in [3.05, 3.63) is 36.4 Å². The van der Waals surface area contributed by atoms with E-state index in [1.807, 2.05) is 38.2 Å². The Hall–Kier alpha value is -1.57. The van der Waals surface area contributed by atoms with Crippen LogP contribution in [0.2, 0.25) is 0 Å². The zero-order valence-corrected chi connectivity index (χ0v) is 8.12. The van der Waals surface area contributed by atoms with Gasteiger partial charge in [-0.25, -0.2) is 0 Å². The van der Waals surface area contributed by atoms with Crippen molar-refractivity contribution >= 4 is 18.0 Å². The van der Waals surface area contributed by atoms with Gasteiger partial charge in [-0.1, -0.05) is 24.8 Å². The predicted molar refractivity (Wildman–Crippen MR) is 59.1 cm³/mol. The molecule has 0 unspecified atom stereocenters. The lowest BCUT2D eigenvalue weighted by Gasteiger charge is -2.16. The molecule has 0 heterocycles. The van der Waals surface area contributed by atoms with Gasteiger partial charge in [-0.2, -0.15) is 5.10 Å². The fourth-order valence-corrected chi connectivity index (χ4v) is 1.19. The summed E-state index contributed by atoms with van der Waals surface area (Å²) in [4.78, 5) is 0. The van der Waals surface area contributed by atoms with Crippen LogP contribution in [0.3, 0.4) is 0 Å². The van der Waals surface area contributed by atoms with E-state index in [1.165, 1.54) is 0 Å². The van der Waals surface area contributed by atoms with Gasteiger partial charge in [0.25, 0.3) is 0 Å². The number of hydrogen-bond donors (Lipinski definition) is 0. The molecule has 1 aromatic rings. The van der Waals surface area contributed by atoms with E-state index in [0.29, 0.717) is 0 Å². The molecule has 2 heteroatoms. The van der Waals surface area contributed by atoms with Gasteiger partial charge in [-0.15, -0.1) is 0 Å². The van der Waals surface area contributed by atoms with Crippen molar-refractivity contribution in [2.45, 2.75) is 6.92 Å². The molecule has 0 N–H and O–H groups in total. The van der Waals surface area contributed by atoms with E-state index < -0.39 is 0 Å². The SMILES string of the molecule is C=NN(C)c1ccccc1C(=C)C. The number of benzene rings is 1. The van der Waals surface area contributed by atoms with Crippen LogP contribution in [0.25, 0.3) is 5.57 Å². The fraction of sp³-hybridized carbons (Fsp3) is 0.182. The topological polar surface area (TPSA) is 15.6 Å². The zero-order chi connectivity index (χ0) is 9.84. The first-order valence-corrected chi connectivity index (χ1v) is 4.12. The van der Waals surface area contributed by atoms with Crippen LogP contribution in [0.1, 0.15) is 12.5 Å². The Bertz CT molecular complexity index is 329. The molecule has 0 aromatic heterocycles. The summed E-state index contributed by atoms with van der Waals surface area (Å²) in [6, 6.07) is 7.99. The normalized spacial score (nSPS) is 9.38. The molecule has 1 aromatic carbocycles. The van der Waals surface area contributed by atoms with Gasteiger partial charge in [-0.3, -0.25) is 5.01 Å². The van der Waals surface area contributed by atoms with Gasteiger partial charge in [0.15, 0.2) is 0 Å². The highest BCUT2D eigenvalue weighted by Gasteiger charge is 2.04. The van der Waals surface area contributed by atoms with Crippen LogP contribution >= 0.6 is 0 Å². The first-order chi connectivity index (χ1) is 6.16. The predicted octanol–water partition coefficient (Wildman–Crippen LogP) is 2.77. The first kappa shape index (κ1) is 9.52. The molecule has 0 amide bonds. The Morgan fingerprint density at radius 2 is 2.00 bits per heavy atom. The molecule has 0 atom stereocenters. The lowest BCUT2D eigenvalue weighted by atomic mass is 10.1. The minimum Gasteiger partial charge on any atom is -0.269 e. The van der Waals surface area contributed by atoms with Crippen LogP contribution in [0, 0.1) is 0 Å². The molecule has 0 bridgehead atoms. The van der Waals surface area contributed by atoms with E-state index in [1.54, 1.807) is 5.01 Å². The largest absolute Gasteiger partial charge is 0.269 e. The molecule has 68 valence electrons. The number of nitrogens with zero attached hydrogens (tertiary/aromatic N) is 2. The maximum Gasteiger partial charge on any atom is 0.0665 e. The summed E-state index contributed by atoms with van der Waals surface area (Å²) in [7, 11) is 1.87. The Morgan fingerprint density at radius 1 is 1.38 bits per heavy atom. The summed E-state index contributed by atoms with van der Waals surface area (Å²) in [5, 5.41) is 5.58. The van der Waals surface area contributed by atoms with E-state index >= 15 is 0 Å². The second-order valence-corrected chi connectivity index (χ2v) is 2.96. The van der Waals surface area contributed by atoms with Crippen LogP contribution in [-0.2, 0) is 0 Å². The molecule has 0 fully saturated rings. The Balaban J connectivity index is 3.19. The molecule has 0 saturated heterocycles. The molecule has 0 radical (unpaired) electrons. The number of allylic oxidation sites excluding steroid dienone is 1. The molecule has 1 rings (SSSR count). The Morgan fingerprint density at radius 3 is 2.54 bits per heavy atom. The van der Waals surface area contributed by atoms with E-state index in [2.05, 4.69) is 18.4 Å². The Labute approximate surface area is 79.2 Å².